The van der Waals surface area contributed by atoms with E-state index in [-0.39, 0.29) is 12.5 Å². The van der Waals surface area contributed by atoms with E-state index in [1.54, 1.807) is 31.2 Å². The number of para-hydroxylation sites is 1. The molecule has 1 heterocycles. The van der Waals surface area contributed by atoms with Crippen molar-refractivity contribution >= 4 is 34.2 Å². The Morgan fingerprint density at radius 3 is 2.59 bits per heavy atom. The van der Waals surface area contributed by atoms with Crippen molar-refractivity contribution in [1.29, 1.82) is 0 Å². The Morgan fingerprint density at radius 2 is 1.83 bits per heavy atom. The van der Waals surface area contributed by atoms with Crippen LogP contribution in [0.4, 0.5) is 9.80 Å². The zero-order chi connectivity index (χ0) is 20.8. The van der Waals surface area contributed by atoms with Crippen molar-refractivity contribution in [3.63, 3.8) is 0 Å². The number of carbonyl (C=O) groups is 3. The van der Waals surface area contributed by atoms with Crippen molar-refractivity contribution in [3.05, 3.63) is 45.8 Å². The minimum atomic E-state index is -0.798. The molecular formula is C21H24N2O5S. The Bertz CT molecular complexity index is 922. The number of carbonyl (C=O) groups excluding carboxylic acids is 3. The molecule has 0 aliphatic heterocycles. The Balaban J connectivity index is 1.94. The molecule has 7 nitrogen and oxygen atoms in total. The zero-order valence-corrected chi connectivity index (χ0v) is 17.3. The summed E-state index contributed by atoms with van der Waals surface area (Å²) >= 11 is 1.39. The first-order valence-corrected chi connectivity index (χ1v) is 10.4. The number of hydrogen-bond acceptors (Lipinski definition) is 6. The summed E-state index contributed by atoms with van der Waals surface area (Å²) in [6.45, 7) is 1.83. The smallest absolute Gasteiger partial charge is 0.414 e. The first-order valence-electron chi connectivity index (χ1n) is 9.62. The second kappa shape index (κ2) is 9.56. The molecule has 2 aromatic rings. The van der Waals surface area contributed by atoms with Crippen molar-refractivity contribution in [2.75, 3.05) is 19.0 Å². The van der Waals surface area contributed by atoms with Gasteiger partial charge in [0.2, 0.25) is 0 Å². The molecule has 3 amide bonds. The summed E-state index contributed by atoms with van der Waals surface area (Å²) in [4.78, 5) is 38.6. The fourth-order valence-corrected chi connectivity index (χ4v) is 4.68. The van der Waals surface area contributed by atoms with Gasteiger partial charge in [0, 0.05) is 4.88 Å². The lowest BCUT2D eigenvalue weighted by Crippen LogP contribution is -2.32. The van der Waals surface area contributed by atoms with Crippen LogP contribution in [0.15, 0.2) is 24.3 Å². The molecule has 0 unspecified atom stereocenters. The number of methoxy groups -OCH3 is 1. The van der Waals surface area contributed by atoms with E-state index in [0.29, 0.717) is 21.9 Å². The van der Waals surface area contributed by atoms with Crippen molar-refractivity contribution in [2.45, 2.75) is 39.0 Å². The van der Waals surface area contributed by atoms with Crippen molar-refractivity contribution in [1.82, 2.24) is 5.32 Å². The first-order chi connectivity index (χ1) is 14.0. The number of nitrogens with one attached hydrogen (secondary N) is 2. The number of imide groups is 1. The topological polar surface area (TPSA) is 93.7 Å². The van der Waals surface area contributed by atoms with Crippen molar-refractivity contribution < 1.29 is 23.9 Å². The van der Waals surface area contributed by atoms with E-state index in [9.17, 15) is 14.4 Å². The number of ether oxygens (including phenoxy) is 2. The fourth-order valence-electron chi connectivity index (χ4n) is 3.40. The number of benzene rings is 1. The number of aryl methyl sites for hydroxylation is 1. The molecule has 1 aliphatic rings. The van der Waals surface area contributed by atoms with Crippen LogP contribution in [0.3, 0.4) is 0 Å². The summed E-state index contributed by atoms with van der Waals surface area (Å²) in [6, 6.07) is 6.88. The third-order valence-electron chi connectivity index (χ3n) is 4.72. The molecule has 1 aromatic heterocycles. The van der Waals surface area contributed by atoms with E-state index in [1.165, 1.54) is 18.4 Å². The van der Waals surface area contributed by atoms with Crippen LogP contribution in [0.25, 0.3) is 0 Å². The van der Waals surface area contributed by atoms with Gasteiger partial charge in [-0.1, -0.05) is 18.6 Å². The van der Waals surface area contributed by atoms with Gasteiger partial charge in [0.1, 0.15) is 10.8 Å². The highest BCUT2D eigenvalue weighted by atomic mass is 32.1. The number of amides is 3. The zero-order valence-electron chi connectivity index (χ0n) is 16.5. The van der Waals surface area contributed by atoms with Crippen molar-refractivity contribution in [2.24, 2.45) is 0 Å². The minimum absolute atomic E-state index is 0.165. The standard InChI is InChI=1S/C21H24N2O5S/c1-3-28-21(26)23-19(25)17-14-10-5-4-6-12-16(14)29-20(17)22-18(24)13-9-7-8-11-15(13)27-2/h7-9,11H,3-6,10,12H2,1-2H3,(H,22,24)(H,23,25,26). The highest BCUT2D eigenvalue weighted by Crippen LogP contribution is 2.38. The first kappa shape index (κ1) is 20.9. The second-order valence-corrected chi connectivity index (χ2v) is 7.70. The monoisotopic (exact) mass is 416 g/mol. The SMILES string of the molecule is CCOC(=O)NC(=O)c1c(NC(=O)c2ccccc2OC)sc2c1CCCCC2. The third kappa shape index (κ3) is 4.76. The third-order valence-corrected chi connectivity index (χ3v) is 5.93. The fraction of sp³-hybridized carbons (Fsp3) is 0.381. The van der Waals surface area contributed by atoms with Gasteiger partial charge in [-0.05, 0) is 50.3 Å². The summed E-state index contributed by atoms with van der Waals surface area (Å²) in [5, 5.41) is 5.55. The molecule has 154 valence electrons. The predicted molar refractivity (Wildman–Crippen MR) is 111 cm³/mol. The van der Waals surface area contributed by atoms with Crippen LogP contribution >= 0.6 is 11.3 Å². The molecule has 1 aliphatic carbocycles. The van der Waals surface area contributed by atoms with Crippen LogP contribution in [0.5, 0.6) is 5.75 Å². The lowest BCUT2D eigenvalue weighted by Gasteiger charge is -2.11. The van der Waals surface area contributed by atoms with Gasteiger partial charge in [0.05, 0.1) is 24.8 Å². The summed E-state index contributed by atoms with van der Waals surface area (Å²) in [5.74, 6) is -0.483. The molecular weight excluding hydrogens is 392 g/mol. The number of fused-ring (bicyclic) bond motifs is 1. The molecule has 0 spiro atoms. The van der Waals surface area contributed by atoms with Crippen molar-refractivity contribution in [3.8, 4) is 5.75 Å². The molecule has 29 heavy (non-hydrogen) atoms. The van der Waals surface area contributed by atoms with E-state index in [2.05, 4.69) is 10.6 Å². The normalized spacial score (nSPS) is 13.0. The maximum Gasteiger partial charge on any atom is 0.414 e. The number of thiophene rings is 1. The number of rotatable bonds is 5. The molecule has 0 saturated heterocycles. The quantitative estimate of drug-likeness (QED) is 0.714. The highest BCUT2D eigenvalue weighted by Gasteiger charge is 2.27. The number of alkyl carbamates (subject to hydrolysis) is 1. The second-order valence-electron chi connectivity index (χ2n) is 6.60. The average molecular weight is 416 g/mol. The van der Waals surface area contributed by atoms with Crippen LogP contribution < -0.4 is 15.4 Å². The lowest BCUT2D eigenvalue weighted by molar-refractivity contribution is 0.0925. The van der Waals surface area contributed by atoms with Gasteiger partial charge in [-0.25, -0.2) is 4.79 Å². The van der Waals surface area contributed by atoms with Gasteiger partial charge >= 0.3 is 6.09 Å². The van der Waals surface area contributed by atoms with E-state index >= 15 is 0 Å². The summed E-state index contributed by atoms with van der Waals surface area (Å²) < 4.78 is 10.1. The van der Waals surface area contributed by atoms with Gasteiger partial charge < -0.3 is 14.8 Å². The van der Waals surface area contributed by atoms with Gasteiger partial charge in [-0.3, -0.25) is 14.9 Å². The molecule has 0 saturated carbocycles. The van der Waals surface area contributed by atoms with Crippen LogP contribution in [0, 0.1) is 0 Å². The van der Waals surface area contributed by atoms with Gasteiger partial charge in [-0.15, -0.1) is 11.3 Å². The number of anilines is 1. The Kier molecular flexibility index (Phi) is 6.87. The summed E-state index contributed by atoms with van der Waals surface area (Å²) in [7, 11) is 1.50. The summed E-state index contributed by atoms with van der Waals surface area (Å²) in [5.41, 5.74) is 1.63. The van der Waals surface area contributed by atoms with Gasteiger partial charge in [-0.2, -0.15) is 0 Å². The van der Waals surface area contributed by atoms with Crippen LogP contribution in [-0.2, 0) is 17.6 Å². The van der Waals surface area contributed by atoms with E-state index in [1.807, 2.05) is 0 Å². The van der Waals surface area contributed by atoms with Crippen LogP contribution in [0.1, 0.15) is 57.3 Å². The van der Waals surface area contributed by atoms with E-state index in [4.69, 9.17) is 9.47 Å². The Morgan fingerprint density at radius 1 is 1.07 bits per heavy atom. The lowest BCUT2D eigenvalue weighted by atomic mass is 10.0. The Labute approximate surface area is 173 Å². The molecule has 0 radical (unpaired) electrons. The molecule has 8 heteroatoms. The largest absolute Gasteiger partial charge is 0.496 e. The van der Waals surface area contributed by atoms with Crippen LogP contribution in [0.2, 0.25) is 0 Å². The molecule has 2 N–H and O–H groups in total. The minimum Gasteiger partial charge on any atom is -0.496 e. The number of hydrogen-bond donors (Lipinski definition) is 2. The molecule has 0 fully saturated rings. The molecule has 1 aromatic carbocycles. The average Bonchev–Trinajstić information content (AvgIpc) is 2.88. The molecule has 0 atom stereocenters. The predicted octanol–water partition coefficient (Wildman–Crippen LogP) is 4.16. The van der Waals surface area contributed by atoms with Gasteiger partial charge in [0.25, 0.3) is 11.8 Å². The molecule has 3 rings (SSSR count). The van der Waals surface area contributed by atoms with Crippen LogP contribution in [-0.4, -0.2) is 31.6 Å². The Hall–Kier alpha value is -2.87. The van der Waals surface area contributed by atoms with Gasteiger partial charge in [0.15, 0.2) is 0 Å². The maximum atomic E-state index is 12.9. The summed E-state index contributed by atoms with van der Waals surface area (Å²) in [6.07, 6.45) is 3.87. The maximum absolute atomic E-state index is 12.9. The molecule has 0 bridgehead atoms. The highest BCUT2D eigenvalue weighted by molar-refractivity contribution is 7.17. The van der Waals surface area contributed by atoms with E-state index < -0.39 is 12.0 Å². The van der Waals surface area contributed by atoms with E-state index in [0.717, 1.165) is 42.5 Å².